The van der Waals surface area contributed by atoms with Crippen LogP contribution in [0.4, 0.5) is 0 Å². The smallest absolute Gasteiger partial charge is 0.326 e. The van der Waals surface area contributed by atoms with Gasteiger partial charge in [-0.15, -0.1) is 0 Å². The summed E-state index contributed by atoms with van der Waals surface area (Å²) in [7, 11) is 0. The van der Waals surface area contributed by atoms with Gasteiger partial charge in [0.15, 0.2) is 0 Å². The van der Waals surface area contributed by atoms with E-state index in [2.05, 4.69) is 16.0 Å². The fourth-order valence-corrected chi connectivity index (χ4v) is 3.81. The zero-order valence-electron chi connectivity index (χ0n) is 22.0. The lowest BCUT2D eigenvalue weighted by atomic mass is 9.98. The second-order valence-electron chi connectivity index (χ2n) is 9.48. The van der Waals surface area contributed by atoms with Crippen molar-refractivity contribution < 1.29 is 29.4 Å². The Bertz CT molecular complexity index is 1060. The van der Waals surface area contributed by atoms with Crippen LogP contribution in [0.5, 0.6) is 0 Å². The SMILES string of the molecule is CC[C@H](C)[C@H](N)C(=O)N[C@@H](Cc1ccccc1)C(=O)N[C@H](C(=O)N[C@@H](Cc1ccccc1)C(=O)O)[C@@H](C)O. The molecule has 0 aromatic heterocycles. The van der Waals surface area contributed by atoms with Crippen LogP contribution in [0.15, 0.2) is 60.7 Å². The van der Waals surface area contributed by atoms with E-state index >= 15 is 0 Å². The number of carboxylic acids is 1. The van der Waals surface area contributed by atoms with E-state index in [0.717, 1.165) is 5.56 Å². The number of carbonyl (C=O) groups excluding carboxylic acids is 3. The molecule has 10 nitrogen and oxygen atoms in total. The number of nitrogens with two attached hydrogens (primary N) is 1. The number of carboxylic acid groups (broad SMARTS) is 1. The molecule has 0 fully saturated rings. The van der Waals surface area contributed by atoms with Gasteiger partial charge in [-0.3, -0.25) is 14.4 Å². The van der Waals surface area contributed by atoms with E-state index in [0.29, 0.717) is 12.0 Å². The minimum absolute atomic E-state index is 0.0164. The van der Waals surface area contributed by atoms with E-state index in [4.69, 9.17) is 5.73 Å². The van der Waals surface area contributed by atoms with E-state index in [1.54, 1.807) is 54.6 Å². The Hall–Kier alpha value is -3.76. The van der Waals surface area contributed by atoms with Gasteiger partial charge in [-0.2, -0.15) is 0 Å². The molecule has 0 saturated heterocycles. The molecule has 0 unspecified atom stereocenters. The molecular weight excluding hydrogens is 488 g/mol. The Kier molecular flexibility index (Phi) is 11.9. The van der Waals surface area contributed by atoms with E-state index in [9.17, 15) is 29.4 Å². The third-order valence-electron chi connectivity index (χ3n) is 6.44. The summed E-state index contributed by atoms with van der Waals surface area (Å²) < 4.78 is 0. The van der Waals surface area contributed by atoms with Crippen molar-refractivity contribution in [2.75, 3.05) is 0 Å². The molecule has 3 amide bonds. The van der Waals surface area contributed by atoms with Gasteiger partial charge < -0.3 is 31.9 Å². The molecule has 0 radical (unpaired) electrons. The number of amides is 3. The zero-order valence-corrected chi connectivity index (χ0v) is 22.0. The largest absolute Gasteiger partial charge is 0.480 e. The molecule has 6 atom stereocenters. The van der Waals surface area contributed by atoms with Gasteiger partial charge in [0.25, 0.3) is 0 Å². The zero-order chi connectivity index (χ0) is 28.2. The van der Waals surface area contributed by atoms with Gasteiger partial charge in [0.2, 0.25) is 17.7 Å². The second-order valence-corrected chi connectivity index (χ2v) is 9.48. The number of benzene rings is 2. The van der Waals surface area contributed by atoms with Crippen molar-refractivity contribution in [1.82, 2.24) is 16.0 Å². The predicted octanol–water partition coefficient (Wildman–Crippen LogP) is 0.765. The Morgan fingerprint density at radius 1 is 0.763 bits per heavy atom. The molecule has 2 rings (SSSR count). The van der Waals surface area contributed by atoms with Gasteiger partial charge in [-0.25, -0.2) is 4.79 Å². The molecule has 2 aromatic carbocycles. The van der Waals surface area contributed by atoms with Crippen LogP contribution in [-0.2, 0) is 32.0 Å². The number of hydrogen-bond donors (Lipinski definition) is 6. The minimum Gasteiger partial charge on any atom is -0.480 e. The molecule has 0 heterocycles. The van der Waals surface area contributed by atoms with Crippen molar-refractivity contribution in [3.63, 3.8) is 0 Å². The Morgan fingerprint density at radius 3 is 1.68 bits per heavy atom. The summed E-state index contributed by atoms with van der Waals surface area (Å²) in [4.78, 5) is 50.9. The summed E-state index contributed by atoms with van der Waals surface area (Å²) in [5.74, 6) is -3.47. The fourth-order valence-electron chi connectivity index (χ4n) is 3.81. The number of aliphatic hydroxyl groups excluding tert-OH is 1. The molecule has 7 N–H and O–H groups in total. The number of hydrogen-bond acceptors (Lipinski definition) is 6. The van der Waals surface area contributed by atoms with Crippen LogP contribution in [-0.4, -0.2) is 64.2 Å². The maximum atomic E-state index is 13.3. The summed E-state index contributed by atoms with van der Waals surface area (Å²) in [5, 5.41) is 27.5. The van der Waals surface area contributed by atoms with Crippen molar-refractivity contribution >= 4 is 23.7 Å². The quantitative estimate of drug-likeness (QED) is 0.211. The van der Waals surface area contributed by atoms with E-state index in [1.807, 2.05) is 19.9 Å². The maximum Gasteiger partial charge on any atom is 0.326 e. The van der Waals surface area contributed by atoms with Gasteiger partial charge in [0.05, 0.1) is 12.1 Å². The Balaban J connectivity index is 2.20. The van der Waals surface area contributed by atoms with E-state index in [-0.39, 0.29) is 18.8 Å². The lowest BCUT2D eigenvalue weighted by Gasteiger charge is -2.27. The summed E-state index contributed by atoms with van der Waals surface area (Å²) >= 11 is 0. The molecule has 0 spiro atoms. The monoisotopic (exact) mass is 526 g/mol. The highest BCUT2D eigenvalue weighted by Crippen LogP contribution is 2.09. The van der Waals surface area contributed by atoms with Crippen molar-refractivity contribution in [2.24, 2.45) is 11.7 Å². The van der Waals surface area contributed by atoms with E-state index in [1.165, 1.54) is 6.92 Å². The highest BCUT2D eigenvalue weighted by Gasteiger charge is 2.33. The molecule has 0 aliphatic heterocycles. The fraction of sp³-hybridized carbons (Fsp3) is 0.429. The first-order valence-electron chi connectivity index (χ1n) is 12.7. The first kappa shape index (κ1) is 30.5. The topological polar surface area (TPSA) is 171 Å². The standard InChI is InChI=1S/C28H38N4O6/c1-4-17(2)23(29)26(35)30-21(15-19-11-7-5-8-12-19)25(34)32-24(18(3)33)27(36)31-22(28(37)38)16-20-13-9-6-10-14-20/h5-14,17-18,21-24,33H,4,15-16,29H2,1-3H3,(H,30,35)(H,31,36)(H,32,34)(H,37,38)/t17-,18+,21-,22-,23-,24-/m0/s1. The Morgan fingerprint density at radius 2 is 1.24 bits per heavy atom. The number of aliphatic hydroxyl groups is 1. The number of nitrogens with one attached hydrogen (secondary N) is 3. The molecule has 38 heavy (non-hydrogen) atoms. The molecule has 2 aromatic rings. The van der Waals surface area contributed by atoms with Crippen LogP contribution in [0, 0.1) is 5.92 Å². The van der Waals surface area contributed by atoms with Gasteiger partial charge >= 0.3 is 5.97 Å². The van der Waals surface area contributed by atoms with E-state index < -0.39 is 54.0 Å². The highest BCUT2D eigenvalue weighted by molar-refractivity contribution is 5.94. The van der Waals surface area contributed by atoms with Crippen LogP contribution in [0.2, 0.25) is 0 Å². The van der Waals surface area contributed by atoms with Gasteiger partial charge in [0.1, 0.15) is 18.1 Å². The third kappa shape index (κ3) is 9.28. The van der Waals surface area contributed by atoms with Crippen LogP contribution in [0.25, 0.3) is 0 Å². The molecular formula is C28H38N4O6. The molecule has 0 saturated carbocycles. The minimum atomic E-state index is -1.46. The summed E-state index contributed by atoms with van der Waals surface area (Å²) in [6, 6.07) is 13.1. The number of aliphatic carboxylic acids is 1. The summed E-state index contributed by atoms with van der Waals surface area (Å²) in [5.41, 5.74) is 7.51. The highest BCUT2D eigenvalue weighted by atomic mass is 16.4. The molecule has 0 bridgehead atoms. The van der Waals surface area contributed by atoms with Crippen molar-refractivity contribution in [1.29, 1.82) is 0 Å². The van der Waals surface area contributed by atoms with Crippen molar-refractivity contribution in [3.8, 4) is 0 Å². The first-order valence-corrected chi connectivity index (χ1v) is 12.7. The number of carbonyl (C=O) groups is 4. The van der Waals surface area contributed by atoms with Gasteiger partial charge in [0, 0.05) is 12.8 Å². The molecule has 10 heteroatoms. The summed E-state index contributed by atoms with van der Waals surface area (Å²) in [6.07, 6.45) is -0.545. The van der Waals surface area contributed by atoms with Crippen LogP contribution >= 0.6 is 0 Å². The second kappa shape index (κ2) is 14.8. The van der Waals surface area contributed by atoms with Crippen molar-refractivity contribution in [3.05, 3.63) is 71.8 Å². The average Bonchev–Trinajstić information content (AvgIpc) is 2.90. The van der Waals surface area contributed by atoms with Gasteiger partial charge in [-0.1, -0.05) is 80.9 Å². The average molecular weight is 527 g/mol. The van der Waals surface area contributed by atoms with Crippen molar-refractivity contribution in [2.45, 2.75) is 70.3 Å². The third-order valence-corrected chi connectivity index (χ3v) is 6.44. The van der Waals surface area contributed by atoms with Crippen LogP contribution < -0.4 is 21.7 Å². The molecule has 0 aliphatic rings. The van der Waals surface area contributed by atoms with Crippen LogP contribution in [0.1, 0.15) is 38.3 Å². The maximum absolute atomic E-state index is 13.3. The van der Waals surface area contributed by atoms with Gasteiger partial charge in [-0.05, 0) is 24.0 Å². The first-order chi connectivity index (χ1) is 18.0. The Labute approximate surface area is 223 Å². The molecule has 206 valence electrons. The lowest BCUT2D eigenvalue weighted by molar-refractivity contribution is -0.143. The molecule has 0 aliphatic carbocycles. The normalized spacial score (nSPS) is 15.7. The number of rotatable bonds is 14. The lowest BCUT2D eigenvalue weighted by Crippen LogP contribution is -2.60. The predicted molar refractivity (Wildman–Crippen MR) is 143 cm³/mol. The summed E-state index contributed by atoms with van der Waals surface area (Å²) in [6.45, 7) is 5.04. The van der Waals surface area contributed by atoms with Crippen LogP contribution in [0.3, 0.4) is 0 Å².